The second kappa shape index (κ2) is 7.42. The number of aryl methyl sites for hydroxylation is 1. The second-order valence-electron chi connectivity index (χ2n) is 3.91. The molecule has 0 aliphatic rings. The van der Waals surface area contributed by atoms with Crippen molar-refractivity contribution >= 4 is 17.2 Å². The number of hydrogen-bond acceptors (Lipinski definition) is 4. The van der Waals surface area contributed by atoms with Crippen LogP contribution in [-0.2, 0) is 9.53 Å². The summed E-state index contributed by atoms with van der Waals surface area (Å²) in [7, 11) is 1.64. The molecule has 0 spiro atoms. The predicted molar refractivity (Wildman–Crippen MR) is 70.4 cm³/mol. The summed E-state index contributed by atoms with van der Waals surface area (Å²) in [5.41, 5.74) is 0. The molecule has 0 aromatic carbocycles. The molecule has 0 aliphatic heterocycles. The minimum absolute atomic E-state index is 0.0136. The maximum absolute atomic E-state index is 11.6. The standard InChI is InChI=1S/C12H20N2O2S/c1-9-4-5-11(17-9)10(2)14-12(15)8-13-6-7-16-3/h4-5,10,13H,6-8H2,1-3H3,(H,14,15). The van der Waals surface area contributed by atoms with Crippen molar-refractivity contribution in [2.24, 2.45) is 0 Å². The average molecular weight is 256 g/mol. The SMILES string of the molecule is COCCNCC(=O)NC(C)c1ccc(C)s1. The van der Waals surface area contributed by atoms with Crippen molar-refractivity contribution in [2.75, 3.05) is 26.8 Å². The van der Waals surface area contributed by atoms with Crippen LogP contribution < -0.4 is 10.6 Å². The number of amides is 1. The summed E-state index contributed by atoms with van der Waals surface area (Å²) >= 11 is 1.71. The number of thiophene rings is 1. The molecule has 2 N–H and O–H groups in total. The molecule has 1 aromatic heterocycles. The maximum Gasteiger partial charge on any atom is 0.234 e. The summed E-state index contributed by atoms with van der Waals surface area (Å²) in [5.74, 6) is 0.0136. The Hall–Kier alpha value is -0.910. The van der Waals surface area contributed by atoms with E-state index in [0.29, 0.717) is 19.7 Å². The minimum Gasteiger partial charge on any atom is -0.383 e. The summed E-state index contributed by atoms with van der Waals surface area (Å²) in [5, 5.41) is 5.97. The summed E-state index contributed by atoms with van der Waals surface area (Å²) in [6.45, 7) is 5.70. The molecule has 1 unspecified atom stereocenters. The van der Waals surface area contributed by atoms with E-state index in [1.807, 2.05) is 6.92 Å². The van der Waals surface area contributed by atoms with Crippen molar-refractivity contribution in [3.8, 4) is 0 Å². The summed E-state index contributed by atoms with van der Waals surface area (Å²) in [6.07, 6.45) is 0. The first-order valence-corrected chi connectivity index (χ1v) is 6.50. The first kappa shape index (κ1) is 14.2. The van der Waals surface area contributed by atoms with E-state index in [0.717, 1.165) is 0 Å². The van der Waals surface area contributed by atoms with E-state index >= 15 is 0 Å². The fourth-order valence-electron chi connectivity index (χ4n) is 1.43. The van der Waals surface area contributed by atoms with Crippen LogP contribution in [0.25, 0.3) is 0 Å². The molecular weight excluding hydrogens is 236 g/mol. The van der Waals surface area contributed by atoms with Gasteiger partial charge < -0.3 is 15.4 Å². The van der Waals surface area contributed by atoms with Crippen LogP contribution in [0.4, 0.5) is 0 Å². The Balaban J connectivity index is 2.26. The zero-order chi connectivity index (χ0) is 12.7. The smallest absolute Gasteiger partial charge is 0.234 e. The second-order valence-corrected chi connectivity index (χ2v) is 5.23. The molecule has 4 nitrogen and oxygen atoms in total. The van der Waals surface area contributed by atoms with Crippen LogP contribution in [0.15, 0.2) is 12.1 Å². The number of rotatable bonds is 7. The molecule has 1 atom stereocenters. The Morgan fingerprint density at radius 1 is 1.53 bits per heavy atom. The lowest BCUT2D eigenvalue weighted by molar-refractivity contribution is -0.120. The molecule has 1 amide bonds. The van der Waals surface area contributed by atoms with E-state index < -0.39 is 0 Å². The highest BCUT2D eigenvalue weighted by Crippen LogP contribution is 2.21. The Kier molecular flexibility index (Phi) is 6.18. The van der Waals surface area contributed by atoms with Crippen molar-refractivity contribution in [3.05, 3.63) is 21.9 Å². The zero-order valence-corrected chi connectivity index (χ0v) is 11.4. The van der Waals surface area contributed by atoms with Gasteiger partial charge in [0, 0.05) is 23.4 Å². The van der Waals surface area contributed by atoms with Crippen LogP contribution in [-0.4, -0.2) is 32.7 Å². The average Bonchev–Trinajstić information content (AvgIpc) is 2.71. The van der Waals surface area contributed by atoms with Crippen molar-refractivity contribution in [2.45, 2.75) is 19.9 Å². The largest absolute Gasteiger partial charge is 0.383 e. The highest BCUT2D eigenvalue weighted by atomic mass is 32.1. The first-order valence-electron chi connectivity index (χ1n) is 5.69. The number of ether oxygens (including phenoxy) is 1. The van der Waals surface area contributed by atoms with Gasteiger partial charge in [-0.05, 0) is 26.0 Å². The van der Waals surface area contributed by atoms with E-state index in [1.165, 1.54) is 9.75 Å². The fourth-order valence-corrected chi connectivity index (χ4v) is 2.31. The van der Waals surface area contributed by atoms with Crippen molar-refractivity contribution in [1.82, 2.24) is 10.6 Å². The lowest BCUT2D eigenvalue weighted by Gasteiger charge is -2.12. The molecule has 0 fully saturated rings. The number of carbonyl (C=O) groups is 1. The summed E-state index contributed by atoms with van der Waals surface area (Å²) < 4.78 is 4.88. The molecule has 0 saturated heterocycles. The van der Waals surface area contributed by atoms with Gasteiger partial charge in [0.25, 0.3) is 0 Å². The molecule has 1 rings (SSSR count). The van der Waals surface area contributed by atoms with Crippen molar-refractivity contribution in [1.29, 1.82) is 0 Å². The van der Waals surface area contributed by atoms with Crippen LogP contribution >= 0.6 is 11.3 Å². The predicted octanol–water partition coefficient (Wildman–Crippen LogP) is 1.47. The van der Waals surface area contributed by atoms with E-state index in [1.54, 1.807) is 18.4 Å². The third kappa shape index (κ3) is 5.30. The lowest BCUT2D eigenvalue weighted by Crippen LogP contribution is -2.36. The third-order valence-corrected chi connectivity index (χ3v) is 3.52. The number of hydrogen-bond donors (Lipinski definition) is 2. The fraction of sp³-hybridized carbons (Fsp3) is 0.583. The van der Waals surface area contributed by atoms with Gasteiger partial charge in [0.15, 0.2) is 0 Å². The van der Waals surface area contributed by atoms with E-state index in [-0.39, 0.29) is 11.9 Å². The molecule has 0 saturated carbocycles. The monoisotopic (exact) mass is 256 g/mol. The lowest BCUT2D eigenvalue weighted by atomic mass is 10.2. The van der Waals surface area contributed by atoms with E-state index in [2.05, 4.69) is 29.7 Å². The van der Waals surface area contributed by atoms with Crippen molar-refractivity contribution in [3.63, 3.8) is 0 Å². The quantitative estimate of drug-likeness (QED) is 0.726. The van der Waals surface area contributed by atoms with Gasteiger partial charge in [-0.3, -0.25) is 4.79 Å². The molecule has 0 aliphatic carbocycles. The molecule has 1 heterocycles. The van der Waals surface area contributed by atoms with E-state index in [4.69, 9.17) is 4.74 Å². The van der Waals surface area contributed by atoms with Gasteiger partial charge in [0.1, 0.15) is 0 Å². The molecule has 96 valence electrons. The van der Waals surface area contributed by atoms with Gasteiger partial charge in [0.2, 0.25) is 5.91 Å². The van der Waals surface area contributed by atoms with Crippen LogP contribution in [0, 0.1) is 6.92 Å². The Morgan fingerprint density at radius 3 is 2.88 bits per heavy atom. The molecular formula is C12H20N2O2S. The minimum atomic E-state index is 0.0136. The van der Waals surface area contributed by atoms with Gasteiger partial charge >= 0.3 is 0 Å². The van der Waals surface area contributed by atoms with Gasteiger partial charge in [-0.2, -0.15) is 0 Å². The number of methoxy groups -OCH3 is 1. The Labute approximate surface area is 106 Å². The topological polar surface area (TPSA) is 50.4 Å². The number of carbonyl (C=O) groups excluding carboxylic acids is 1. The van der Waals surface area contributed by atoms with Crippen LogP contribution in [0.1, 0.15) is 22.7 Å². The normalized spacial score (nSPS) is 12.4. The molecule has 5 heteroatoms. The highest BCUT2D eigenvalue weighted by molar-refractivity contribution is 7.12. The number of nitrogens with one attached hydrogen (secondary N) is 2. The highest BCUT2D eigenvalue weighted by Gasteiger charge is 2.10. The van der Waals surface area contributed by atoms with E-state index in [9.17, 15) is 4.79 Å². The first-order chi connectivity index (χ1) is 8.13. The van der Waals surface area contributed by atoms with Crippen LogP contribution in [0.2, 0.25) is 0 Å². The zero-order valence-electron chi connectivity index (χ0n) is 10.6. The van der Waals surface area contributed by atoms with Gasteiger partial charge in [-0.1, -0.05) is 0 Å². The summed E-state index contributed by atoms with van der Waals surface area (Å²) in [6, 6.07) is 4.20. The van der Waals surface area contributed by atoms with Gasteiger partial charge in [0.05, 0.1) is 19.2 Å². The van der Waals surface area contributed by atoms with Crippen molar-refractivity contribution < 1.29 is 9.53 Å². The van der Waals surface area contributed by atoms with Gasteiger partial charge in [-0.25, -0.2) is 0 Å². The Bertz CT molecular complexity index is 352. The third-order valence-electron chi connectivity index (χ3n) is 2.33. The maximum atomic E-state index is 11.6. The van der Waals surface area contributed by atoms with Gasteiger partial charge in [-0.15, -0.1) is 11.3 Å². The Morgan fingerprint density at radius 2 is 2.29 bits per heavy atom. The van der Waals surface area contributed by atoms with Crippen LogP contribution in [0.3, 0.4) is 0 Å². The molecule has 17 heavy (non-hydrogen) atoms. The molecule has 0 bridgehead atoms. The molecule has 0 radical (unpaired) electrons. The molecule has 1 aromatic rings. The van der Waals surface area contributed by atoms with Crippen LogP contribution in [0.5, 0.6) is 0 Å². The summed E-state index contributed by atoms with van der Waals surface area (Å²) in [4.78, 5) is 14.0.